The van der Waals surface area contributed by atoms with Crippen molar-refractivity contribution in [2.45, 2.75) is 72.8 Å². The molecule has 2 N–H and O–H groups in total. The van der Waals surface area contributed by atoms with Crippen LogP contribution >= 0.6 is 0 Å². The zero-order chi connectivity index (χ0) is 14.6. The SMILES string of the molecule is C=CCC(C)(CC)C(C)(N)C(C)(CC)C(=C)CC. The quantitative estimate of drug-likeness (QED) is 0.598. The maximum atomic E-state index is 6.85. The third-order valence-electron chi connectivity index (χ3n) is 5.69. The lowest BCUT2D eigenvalue weighted by Crippen LogP contribution is -2.62. The molecule has 0 spiro atoms. The number of allylic oxidation sites excluding steroid dienone is 1. The predicted octanol–water partition coefficient (Wildman–Crippen LogP) is 5.08. The molecular formula is C17H33N. The first-order chi connectivity index (χ1) is 8.16. The van der Waals surface area contributed by atoms with Gasteiger partial charge in [-0.1, -0.05) is 52.8 Å². The molecule has 0 heterocycles. The van der Waals surface area contributed by atoms with Gasteiger partial charge in [0.2, 0.25) is 0 Å². The van der Waals surface area contributed by atoms with E-state index in [1.165, 1.54) is 5.57 Å². The van der Waals surface area contributed by atoms with Gasteiger partial charge in [0.05, 0.1) is 0 Å². The van der Waals surface area contributed by atoms with E-state index in [1.54, 1.807) is 0 Å². The summed E-state index contributed by atoms with van der Waals surface area (Å²) < 4.78 is 0. The highest BCUT2D eigenvalue weighted by Gasteiger charge is 2.51. The van der Waals surface area contributed by atoms with E-state index >= 15 is 0 Å². The van der Waals surface area contributed by atoms with Gasteiger partial charge in [-0.2, -0.15) is 0 Å². The minimum absolute atomic E-state index is 0.0322. The molecule has 0 aromatic carbocycles. The van der Waals surface area contributed by atoms with Gasteiger partial charge in [0.15, 0.2) is 0 Å². The number of rotatable bonds is 8. The highest BCUT2D eigenvalue weighted by Crippen LogP contribution is 2.52. The van der Waals surface area contributed by atoms with Gasteiger partial charge < -0.3 is 5.73 Å². The Morgan fingerprint density at radius 1 is 1.11 bits per heavy atom. The predicted molar refractivity (Wildman–Crippen MR) is 83.6 cm³/mol. The maximum Gasteiger partial charge on any atom is 0.0274 e. The lowest BCUT2D eigenvalue weighted by Gasteiger charge is -2.55. The van der Waals surface area contributed by atoms with Gasteiger partial charge in [0.25, 0.3) is 0 Å². The summed E-state index contributed by atoms with van der Waals surface area (Å²) in [7, 11) is 0. The summed E-state index contributed by atoms with van der Waals surface area (Å²) in [5, 5.41) is 0. The van der Waals surface area contributed by atoms with Crippen LogP contribution in [0.15, 0.2) is 24.8 Å². The Balaban J connectivity index is 5.68. The summed E-state index contributed by atoms with van der Waals surface area (Å²) in [6.07, 6.45) is 6.02. The van der Waals surface area contributed by atoms with E-state index in [0.29, 0.717) is 0 Å². The Bertz CT molecular complexity index is 303. The van der Waals surface area contributed by atoms with Gasteiger partial charge >= 0.3 is 0 Å². The van der Waals surface area contributed by atoms with Crippen molar-refractivity contribution >= 4 is 0 Å². The average Bonchev–Trinajstić information content (AvgIpc) is 2.36. The molecular weight excluding hydrogens is 218 g/mol. The van der Waals surface area contributed by atoms with Crippen molar-refractivity contribution in [3.8, 4) is 0 Å². The van der Waals surface area contributed by atoms with Gasteiger partial charge in [-0.3, -0.25) is 0 Å². The number of hydrogen-bond acceptors (Lipinski definition) is 1. The van der Waals surface area contributed by atoms with Crippen LogP contribution in [0.5, 0.6) is 0 Å². The summed E-state index contributed by atoms with van der Waals surface area (Å²) in [4.78, 5) is 0. The Kier molecular flexibility index (Phi) is 5.87. The molecule has 106 valence electrons. The molecule has 3 unspecified atom stereocenters. The normalized spacial score (nSPS) is 21.5. The molecule has 18 heavy (non-hydrogen) atoms. The Labute approximate surface area is 115 Å². The van der Waals surface area contributed by atoms with Crippen LogP contribution in [0.1, 0.15) is 67.2 Å². The van der Waals surface area contributed by atoms with Gasteiger partial charge in [0, 0.05) is 11.0 Å². The first-order valence-electron chi connectivity index (χ1n) is 7.24. The minimum atomic E-state index is -0.287. The maximum absolute atomic E-state index is 6.85. The summed E-state index contributed by atoms with van der Waals surface area (Å²) in [6.45, 7) is 21.6. The molecule has 0 aliphatic rings. The van der Waals surface area contributed by atoms with E-state index in [9.17, 15) is 0 Å². The first kappa shape index (κ1) is 17.4. The van der Waals surface area contributed by atoms with E-state index < -0.39 is 0 Å². The zero-order valence-electron chi connectivity index (χ0n) is 13.4. The second kappa shape index (κ2) is 6.06. The fraction of sp³-hybridized carbons (Fsp3) is 0.765. The first-order valence-corrected chi connectivity index (χ1v) is 7.24. The van der Waals surface area contributed by atoms with Crippen molar-refractivity contribution in [1.29, 1.82) is 0 Å². The Morgan fingerprint density at radius 2 is 1.61 bits per heavy atom. The van der Waals surface area contributed by atoms with Crippen molar-refractivity contribution < 1.29 is 0 Å². The average molecular weight is 251 g/mol. The molecule has 0 rings (SSSR count). The smallest absolute Gasteiger partial charge is 0.0274 e. The van der Waals surface area contributed by atoms with E-state index in [-0.39, 0.29) is 16.4 Å². The third kappa shape index (κ3) is 2.56. The van der Waals surface area contributed by atoms with Crippen LogP contribution in [-0.2, 0) is 0 Å². The van der Waals surface area contributed by atoms with E-state index in [4.69, 9.17) is 5.73 Å². The molecule has 0 fully saturated rings. The molecule has 1 nitrogen and oxygen atoms in total. The molecule has 1 heteroatoms. The molecule has 0 bridgehead atoms. The highest BCUT2D eigenvalue weighted by molar-refractivity contribution is 5.21. The lowest BCUT2D eigenvalue weighted by atomic mass is 9.53. The molecule has 0 aromatic heterocycles. The summed E-state index contributed by atoms with van der Waals surface area (Å²) in [5.74, 6) is 0. The standard InChI is InChI=1S/C17H33N/c1-9-13-15(6,11-3)17(8,18)16(7,12-4)14(5)10-2/h9H,1,5,10-13,18H2,2-4,6-8H3. The van der Waals surface area contributed by atoms with Crippen molar-refractivity contribution in [2.24, 2.45) is 16.6 Å². The van der Waals surface area contributed by atoms with Gasteiger partial charge in [-0.05, 0) is 38.0 Å². The molecule has 3 atom stereocenters. The molecule has 0 aromatic rings. The van der Waals surface area contributed by atoms with Crippen LogP contribution in [0.2, 0.25) is 0 Å². The summed E-state index contributed by atoms with van der Waals surface area (Å²) in [6, 6.07) is 0. The van der Waals surface area contributed by atoms with Crippen molar-refractivity contribution in [3.63, 3.8) is 0 Å². The summed E-state index contributed by atoms with van der Waals surface area (Å²) in [5.41, 5.74) is 7.85. The molecule has 0 radical (unpaired) electrons. The van der Waals surface area contributed by atoms with Crippen molar-refractivity contribution in [1.82, 2.24) is 0 Å². The largest absolute Gasteiger partial charge is 0.324 e. The van der Waals surface area contributed by atoms with Gasteiger partial charge in [-0.25, -0.2) is 0 Å². The minimum Gasteiger partial charge on any atom is -0.324 e. The van der Waals surface area contributed by atoms with Crippen LogP contribution in [-0.4, -0.2) is 5.54 Å². The van der Waals surface area contributed by atoms with Crippen LogP contribution in [0.3, 0.4) is 0 Å². The topological polar surface area (TPSA) is 26.0 Å². The molecule has 0 saturated heterocycles. The number of nitrogens with two attached hydrogens (primary N) is 1. The zero-order valence-corrected chi connectivity index (χ0v) is 13.4. The molecule has 0 amide bonds. The van der Waals surface area contributed by atoms with Crippen molar-refractivity contribution in [2.75, 3.05) is 0 Å². The van der Waals surface area contributed by atoms with Crippen LogP contribution < -0.4 is 5.73 Å². The molecule has 0 saturated carbocycles. The number of hydrogen-bond donors (Lipinski definition) is 1. The Morgan fingerprint density at radius 3 is 1.89 bits per heavy atom. The molecule has 0 aliphatic carbocycles. The fourth-order valence-electron chi connectivity index (χ4n) is 3.08. The third-order valence-corrected chi connectivity index (χ3v) is 5.69. The second-order valence-corrected chi connectivity index (χ2v) is 6.25. The fourth-order valence-corrected chi connectivity index (χ4v) is 3.08. The van der Waals surface area contributed by atoms with E-state index in [2.05, 4.69) is 54.7 Å². The van der Waals surface area contributed by atoms with Crippen LogP contribution in [0.25, 0.3) is 0 Å². The van der Waals surface area contributed by atoms with Crippen LogP contribution in [0, 0.1) is 10.8 Å². The second-order valence-electron chi connectivity index (χ2n) is 6.25. The van der Waals surface area contributed by atoms with E-state index in [1.807, 2.05) is 6.08 Å². The van der Waals surface area contributed by atoms with Gasteiger partial charge in [-0.15, -0.1) is 6.58 Å². The van der Waals surface area contributed by atoms with Crippen LogP contribution in [0.4, 0.5) is 0 Å². The van der Waals surface area contributed by atoms with Gasteiger partial charge in [0.1, 0.15) is 0 Å². The highest BCUT2D eigenvalue weighted by atomic mass is 14.8. The molecule has 0 aliphatic heterocycles. The van der Waals surface area contributed by atoms with E-state index in [0.717, 1.165) is 25.7 Å². The van der Waals surface area contributed by atoms with Crippen molar-refractivity contribution in [3.05, 3.63) is 24.8 Å². The summed E-state index contributed by atoms with van der Waals surface area (Å²) >= 11 is 0. The monoisotopic (exact) mass is 251 g/mol. The Hall–Kier alpha value is -0.560. The lowest BCUT2D eigenvalue weighted by molar-refractivity contribution is 0.0419.